The summed E-state index contributed by atoms with van der Waals surface area (Å²) in [6.45, 7) is 8.97. The van der Waals surface area contributed by atoms with Crippen molar-refractivity contribution in [1.29, 1.82) is 0 Å². The summed E-state index contributed by atoms with van der Waals surface area (Å²) in [5, 5.41) is 0. The molecule has 2 saturated heterocycles. The van der Waals surface area contributed by atoms with Crippen LogP contribution in [-0.2, 0) is 5.41 Å². The van der Waals surface area contributed by atoms with Crippen LogP contribution in [0.3, 0.4) is 0 Å². The van der Waals surface area contributed by atoms with E-state index in [1.165, 1.54) is 41.9 Å². The minimum absolute atomic E-state index is 0.142. The van der Waals surface area contributed by atoms with E-state index >= 15 is 0 Å². The molecule has 1 aromatic rings. The summed E-state index contributed by atoms with van der Waals surface area (Å²) in [6.07, 6.45) is 4.74. The average Bonchev–Trinajstić information content (AvgIpc) is 3.07. The fourth-order valence-electron chi connectivity index (χ4n) is 5.28. The van der Waals surface area contributed by atoms with Gasteiger partial charge in [0.2, 0.25) is 0 Å². The predicted octanol–water partition coefficient (Wildman–Crippen LogP) is 3.62. The van der Waals surface area contributed by atoms with Gasteiger partial charge >= 0.3 is 0 Å². The molecule has 5 rings (SSSR count). The van der Waals surface area contributed by atoms with Crippen LogP contribution in [0.5, 0.6) is 0 Å². The summed E-state index contributed by atoms with van der Waals surface area (Å²) >= 11 is 0. The van der Waals surface area contributed by atoms with Crippen molar-refractivity contribution in [3.05, 3.63) is 53.6 Å². The highest BCUT2D eigenvalue weighted by molar-refractivity contribution is 6.14. The zero-order chi connectivity index (χ0) is 14.2. The summed E-state index contributed by atoms with van der Waals surface area (Å²) in [7, 11) is 0. The normalized spacial score (nSPS) is 38.4. The molecule has 106 valence electrons. The molecular weight excluding hydrogens is 256 g/mol. The van der Waals surface area contributed by atoms with Crippen LogP contribution >= 0.6 is 0 Å². The Balaban J connectivity index is 1.78. The molecule has 0 unspecified atom stereocenters. The van der Waals surface area contributed by atoms with E-state index < -0.39 is 0 Å². The first kappa shape index (κ1) is 11.9. The smallest absolute Gasteiger partial charge is 0.0675 e. The van der Waals surface area contributed by atoms with Gasteiger partial charge < -0.3 is 0 Å². The monoisotopic (exact) mass is 276 g/mol. The molecule has 0 aromatic heterocycles. The number of aliphatic imine (C=N–C) groups is 1. The van der Waals surface area contributed by atoms with Crippen molar-refractivity contribution >= 4 is 11.4 Å². The number of benzene rings is 1. The summed E-state index contributed by atoms with van der Waals surface area (Å²) < 4.78 is 0. The number of hydrogen-bond acceptors (Lipinski definition) is 2. The number of allylic oxidation sites excluding steroid dienone is 2. The molecule has 3 fully saturated rings. The van der Waals surface area contributed by atoms with Crippen LogP contribution in [0.15, 0.2) is 53.1 Å². The molecule has 2 heteroatoms. The molecule has 0 radical (unpaired) electrons. The van der Waals surface area contributed by atoms with E-state index in [9.17, 15) is 0 Å². The number of hydrogen-bond donors (Lipinski definition) is 0. The van der Waals surface area contributed by atoms with E-state index in [1.54, 1.807) is 5.57 Å². The Morgan fingerprint density at radius 2 is 2.24 bits per heavy atom. The molecule has 1 aliphatic carbocycles. The first-order valence-corrected chi connectivity index (χ1v) is 8.02. The van der Waals surface area contributed by atoms with Crippen molar-refractivity contribution in [2.75, 3.05) is 13.1 Å². The van der Waals surface area contributed by atoms with Crippen LogP contribution in [0.2, 0.25) is 0 Å². The van der Waals surface area contributed by atoms with E-state index in [0.29, 0.717) is 12.0 Å². The third kappa shape index (κ3) is 1.22. The van der Waals surface area contributed by atoms with Crippen molar-refractivity contribution in [2.24, 2.45) is 10.9 Å². The molecule has 2 bridgehead atoms. The molecule has 4 aliphatic rings. The second-order valence-electron chi connectivity index (χ2n) is 6.86. The van der Waals surface area contributed by atoms with E-state index in [-0.39, 0.29) is 5.41 Å². The van der Waals surface area contributed by atoms with Crippen molar-refractivity contribution in [3.8, 4) is 0 Å². The van der Waals surface area contributed by atoms with Gasteiger partial charge in [-0.2, -0.15) is 0 Å². The average molecular weight is 276 g/mol. The zero-order valence-electron chi connectivity index (χ0n) is 12.5. The van der Waals surface area contributed by atoms with Gasteiger partial charge in [-0.05, 0) is 37.0 Å². The fourth-order valence-corrected chi connectivity index (χ4v) is 5.28. The van der Waals surface area contributed by atoms with Gasteiger partial charge in [-0.15, -0.1) is 0 Å². The van der Waals surface area contributed by atoms with Crippen molar-refractivity contribution < 1.29 is 0 Å². The molecule has 3 heterocycles. The van der Waals surface area contributed by atoms with Crippen LogP contribution in [-0.4, -0.2) is 29.7 Å². The number of nitrogens with zero attached hydrogens (tertiary/aromatic N) is 2. The van der Waals surface area contributed by atoms with E-state index in [2.05, 4.69) is 48.7 Å². The summed E-state index contributed by atoms with van der Waals surface area (Å²) in [5.41, 5.74) is 6.92. The summed E-state index contributed by atoms with van der Waals surface area (Å²) in [5.74, 6) is 0.524. The lowest BCUT2D eigenvalue weighted by molar-refractivity contribution is 0.179. The lowest BCUT2D eigenvalue weighted by atomic mass is 9.59. The molecule has 3 atom stereocenters. The van der Waals surface area contributed by atoms with Gasteiger partial charge in [0.1, 0.15) is 0 Å². The minimum Gasteiger partial charge on any atom is -0.295 e. The van der Waals surface area contributed by atoms with Crippen molar-refractivity contribution in [2.45, 2.75) is 31.2 Å². The first-order valence-electron chi connectivity index (χ1n) is 8.02. The Kier molecular flexibility index (Phi) is 2.13. The van der Waals surface area contributed by atoms with Gasteiger partial charge in [-0.1, -0.05) is 36.4 Å². The van der Waals surface area contributed by atoms with Gasteiger partial charge in [-0.25, -0.2) is 0 Å². The maximum absolute atomic E-state index is 5.04. The highest BCUT2D eigenvalue weighted by Crippen LogP contribution is 2.59. The fraction of sp³-hybridized carbons (Fsp3) is 0.421. The highest BCUT2D eigenvalue weighted by atomic mass is 15.2. The predicted molar refractivity (Wildman–Crippen MR) is 86.2 cm³/mol. The van der Waals surface area contributed by atoms with E-state index in [4.69, 9.17) is 4.99 Å². The number of rotatable bonds is 0. The quantitative estimate of drug-likeness (QED) is 0.661. The Hall–Kier alpha value is -1.67. The molecule has 1 saturated carbocycles. The lowest BCUT2D eigenvalue weighted by Gasteiger charge is -2.49. The topological polar surface area (TPSA) is 15.6 Å². The van der Waals surface area contributed by atoms with Gasteiger partial charge in [0.15, 0.2) is 0 Å². The van der Waals surface area contributed by atoms with Crippen LogP contribution < -0.4 is 0 Å². The van der Waals surface area contributed by atoms with Crippen molar-refractivity contribution in [3.63, 3.8) is 0 Å². The van der Waals surface area contributed by atoms with Crippen LogP contribution in [0.4, 0.5) is 5.69 Å². The minimum atomic E-state index is 0.142. The zero-order valence-corrected chi connectivity index (χ0v) is 12.5. The molecule has 1 spiro atoms. The molecule has 1 aromatic carbocycles. The van der Waals surface area contributed by atoms with E-state index in [1.807, 2.05) is 0 Å². The standard InChI is InChI=1S/C19H20N2/c1-3-13-11-21-9-8-19-15-6-4-5-7-16(15)20-18(19)12(2)14(13)10-17(19)21/h3-7,14,17H,2,8-11H2,1H3/b13-3-/t14-,17+,19+/m0/s1. The number of para-hydroxylation sites is 1. The summed E-state index contributed by atoms with van der Waals surface area (Å²) in [4.78, 5) is 7.73. The molecule has 21 heavy (non-hydrogen) atoms. The maximum Gasteiger partial charge on any atom is 0.0675 e. The van der Waals surface area contributed by atoms with Crippen LogP contribution in [0.1, 0.15) is 25.3 Å². The Labute approximate surface area is 125 Å². The van der Waals surface area contributed by atoms with Gasteiger partial charge in [-0.3, -0.25) is 9.89 Å². The Bertz CT molecular complexity index is 727. The summed E-state index contributed by atoms with van der Waals surface area (Å²) in [6, 6.07) is 9.37. The molecule has 0 N–H and O–H groups in total. The SMILES string of the molecule is C=C1C2=Nc3ccccc3[C@@]23CCN2C/C(=C/C)[C@H]1C[C@@H]23. The largest absolute Gasteiger partial charge is 0.295 e. The van der Waals surface area contributed by atoms with Crippen LogP contribution in [0.25, 0.3) is 0 Å². The van der Waals surface area contributed by atoms with Crippen molar-refractivity contribution in [1.82, 2.24) is 4.90 Å². The Morgan fingerprint density at radius 3 is 3.10 bits per heavy atom. The molecular formula is C19H20N2. The van der Waals surface area contributed by atoms with E-state index in [0.717, 1.165) is 6.54 Å². The maximum atomic E-state index is 5.04. The number of fused-ring (bicyclic) bond motifs is 2. The third-order valence-corrected chi connectivity index (χ3v) is 6.23. The van der Waals surface area contributed by atoms with Crippen LogP contribution in [0, 0.1) is 5.92 Å². The second kappa shape index (κ2) is 3.75. The first-order chi connectivity index (χ1) is 10.3. The molecule has 2 nitrogen and oxygen atoms in total. The van der Waals surface area contributed by atoms with Gasteiger partial charge in [0.05, 0.1) is 16.8 Å². The highest BCUT2D eigenvalue weighted by Gasteiger charge is 2.61. The number of piperidine rings is 1. The third-order valence-electron chi connectivity index (χ3n) is 6.23. The molecule has 3 aliphatic heterocycles. The lowest BCUT2D eigenvalue weighted by Crippen LogP contribution is -2.56. The molecule has 0 amide bonds. The van der Waals surface area contributed by atoms with Gasteiger partial charge in [0, 0.05) is 25.0 Å². The van der Waals surface area contributed by atoms with Gasteiger partial charge in [0.25, 0.3) is 0 Å². The second-order valence-corrected chi connectivity index (χ2v) is 6.86. The Morgan fingerprint density at radius 1 is 1.38 bits per heavy atom.